The fourth-order valence-corrected chi connectivity index (χ4v) is 7.66. The highest BCUT2D eigenvalue weighted by Gasteiger charge is 2.69. The molecule has 4 aliphatic rings. The van der Waals surface area contributed by atoms with Crippen LogP contribution in [0.25, 0.3) is 0 Å². The molecule has 218 valence electrons. The summed E-state index contributed by atoms with van der Waals surface area (Å²) in [5, 5.41) is 9.50. The number of alkyl halides is 6. The molecule has 4 aliphatic carbocycles. The monoisotopic (exact) mass is 560 g/mol. The highest BCUT2D eigenvalue weighted by atomic mass is 19.4. The van der Waals surface area contributed by atoms with Crippen molar-refractivity contribution in [1.29, 1.82) is 0 Å². The molecule has 4 rings (SSSR count). The van der Waals surface area contributed by atoms with E-state index in [0.29, 0.717) is 5.92 Å². The molecule has 0 heterocycles. The fraction of sp³-hybridized carbons (Fsp3) is 0.700. The number of allylic oxidation sites excluding steroid dienone is 4. The van der Waals surface area contributed by atoms with Gasteiger partial charge in [-0.1, -0.05) is 37.3 Å². The van der Waals surface area contributed by atoms with Crippen molar-refractivity contribution < 1.29 is 41.0 Å². The summed E-state index contributed by atoms with van der Waals surface area (Å²) in [6.07, 6.45) is 1.95. The van der Waals surface area contributed by atoms with E-state index in [1.165, 1.54) is 12.5 Å². The van der Waals surface area contributed by atoms with E-state index >= 15 is 0 Å². The van der Waals surface area contributed by atoms with E-state index in [2.05, 4.69) is 25.7 Å². The number of carbonyl (C=O) groups excluding carboxylic acids is 1. The molecule has 0 aromatic heterocycles. The first-order valence-electron chi connectivity index (χ1n) is 13.8. The lowest BCUT2D eigenvalue weighted by atomic mass is 9.59. The molecule has 39 heavy (non-hydrogen) atoms. The summed E-state index contributed by atoms with van der Waals surface area (Å²) in [5.74, 6) is 0.169. The first-order valence-corrected chi connectivity index (χ1v) is 13.8. The Labute approximate surface area is 226 Å². The summed E-state index contributed by atoms with van der Waals surface area (Å²) < 4.78 is 84.1. The molecule has 4 atom stereocenters. The second-order valence-electron chi connectivity index (χ2n) is 12.2. The number of aliphatic hydroxyl groups is 1. The summed E-state index contributed by atoms with van der Waals surface area (Å²) in [5.41, 5.74) is -2.01. The number of carbonyl (C=O) groups is 1. The molecule has 0 aromatic rings. The number of rotatable bonds is 6. The van der Waals surface area contributed by atoms with Crippen LogP contribution in [0.15, 0.2) is 47.6 Å². The van der Waals surface area contributed by atoms with Crippen LogP contribution in [0, 0.1) is 22.7 Å². The van der Waals surface area contributed by atoms with E-state index in [9.17, 15) is 36.2 Å². The van der Waals surface area contributed by atoms with Crippen LogP contribution in [0.3, 0.4) is 0 Å². The van der Waals surface area contributed by atoms with E-state index in [1.807, 2.05) is 0 Å². The number of ether oxygens (including phenoxy) is 1. The number of hydrogen-bond acceptors (Lipinski definition) is 3. The van der Waals surface area contributed by atoms with E-state index in [1.54, 1.807) is 0 Å². The maximum absolute atomic E-state index is 13.1. The van der Waals surface area contributed by atoms with Gasteiger partial charge in [-0.2, -0.15) is 26.3 Å². The molecule has 1 N–H and O–H groups in total. The lowest BCUT2D eigenvalue weighted by molar-refractivity contribution is -0.347. The standard InChI is InChI=1S/C30H38F6O3/c1-19-21(7-4-9-24(19)39-20(2)37)10-11-22-8-5-14-26(3)23(22)12-13-25(26)27(17-18-27)15-6-16-28(38,29(31,32)33)30(34,35)36/h6,10-11,16,23-25,38H,1,4-5,7-9,12-15,17-18H2,2-3H3/t23?,24-,25-,26-/m0/s1. The van der Waals surface area contributed by atoms with Crippen molar-refractivity contribution in [2.75, 3.05) is 0 Å². The zero-order valence-electron chi connectivity index (χ0n) is 22.6. The number of esters is 1. The van der Waals surface area contributed by atoms with Crippen molar-refractivity contribution in [1.82, 2.24) is 0 Å². The third-order valence-corrected chi connectivity index (χ3v) is 9.86. The quantitative estimate of drug-likeness (QED) is 0.202. The van der Waals surface area contributed by atoms with Crippen molar-refractivity contribution in [3.05, 3.63) is 47.6 Å². The number of fused-ring (bicyclic) bond motifs is 1. The van der Waals surface area contributed by atoms with Gasteiger partial charge in [0.2, 0.25) is 0 Å². The third-order valence-electron chi connectivity index (χ3n) is 9.86. The molecule has 9 heteroatoms. The molecule has 4 saturated carbocycles. The smallest absolute Gasteiger partial charge is 0.429 e. The molecule has 0 radical (unpaired) electrons. The van der Waals surface area contributed by atoms with Crippen LogP contribution < -0.4 is 0 Å². The second kappa shape index (κ2) is 10.4. The first-order chi connectivity index (χ1) is 18.0. The maximum atomic E-state index is 13.1. The van der Waals surface area contributed by atoms with Crippen molar-refractivity contribution in [3.63, 3.8) is 0 Å². The van der Waals surface area contributed by atoms with Crippen LogP contribution in [-0.4, -0.2) is 35.1 Å². The van der Waals surface area contributed by atoms with Crippen LogP contribution in [0.2, 0.25) is 0 Å². The van der Waals surface area contributed by atoms with Crippen LogP contribution in [-0.2, 0) is 9.53 Å². The molecular weight excluding hydrogens is 522 g/mol. The molecule has 1 unspecified atom stereocenters. The van der Waals surface area contributed by atoms with Gasteiger partial charge < -0.3 is 9.84 Å². The molecule has 0 bridgehead atoms. The Kier molecular flexibility index (Phi) is 8.00. The van der Waals surface area contributed by atoms with Gasteiger partial charge in [0.1, 0.15) is 6.10 Å². The van der Waals surface area contributed by atoms with E-state index in [4.69, 9.17) is 4.74 Å². The summed E-state index contributed by atoms with van der Waals surface area (Å²) in [7, 11) is 0. The van der Waals surface area contributed by atoms with Gasteiger partial charge in [-0.3, -0.25) is 4.79 Å². The third kappa shape index (κ3) is 5.62. The molecule has 0 amide bonds. The minimum atomic E-state index is -5.84. The Morgan fingerprint density at radius 3 is 2.28 bits per heavy atom. The van der Waals surface area contributed by atoms with E-state index < -0.39 is 18.0 Å². The zero-order chi connectivity index (χ0) is 28.9. The van der Waals surface area contributed by atoms with Gasteiger partial charge >= 0.3 is 18.3 Å². The topological polar surface area (TPSA) is 46.5 Å². The Hall–Kier alpha value is -2.03. The molecule has 0 spiro atoms. The minimum Gasteiger partial charge on any atom is -0.458 e. The van der Waals surface area contributed by atoms with Crippen molar-refractivity contribution in [2.45, 2.75) is 109 Å². The number of hydrogen-bond donors (Lipinski definition) is 1. The Morgan fingerprint density at radius 2 is 1.69 bits per heavy atom. The van der Waals surface area contributed by atoms with Crippen molar-refractivity contribution in [3.8, 4) is 0 Å². The Bertz CT molecular complexity index is 1050. The Balaban J connectivity index is 1.50. The predicted octanol–water partition coefficient (Wildman–Crippen LogP) is 8.31. The van der Waals surface area contributed by atoms with Gasteiger partial charge in [0, 0.05) is 6.92 Å². The predicted molar refractivity (Wildman–Crippen MR) is 135 cm³/mol. The van der Waals surface area contributed by atoms with Gasteiger partial charge in [0.15, 0.2) is 0 Å². The second-order valence-corrected chi connectivity index (χ2v) is 12.2. The average Bonchev–Trinajstić information content (AvgIpc) is 3.50. The summed E-state index contributed by atoms with van der Waals surface area (Å²) in [6.45, 7) is 7.79. The van der Waals surface area contributed by atoms with Crippen LogP contribution in [0.4, 0.5) is 26.3 Å². The van der Waals surface area contributed by atoms with E-state index in [0.717, 1.165) is 81.4 Å². The summed E-state index contributed by atoms with van der Waals surface area (Å²) >= 11 is 0. The lowest BCUT2D eigenvalue weighted by Crippen LogP contribution is -2.55. The maximum Gasteiger partial charge on any atom is 0.429 e. The van der Waals surface area contributed by atoms with Gasteiger partial charge in [0.25, 0.3) is 5.60 Å². The SMILES string of the molecule is C=C1C(=CC=C2CCC[C@@]3(C)C2CC[C@@H]3C2(CC=CC(O)(C(F)(F)F)C(F)(F)F)CC2)CCC[C@@H]1OC(C)=O. The van der Waals surface area contributed by atoms with Gasteiger partial charge in [0.05, 0.1) is 0 Å². The lowest BCUT2D eigenvalue weighted by Gasteiger charge is -2.45. The van der Waals surface area contributed by atoms with Crippen LogP contribution in [0.1, 0.15) is 84.5 Å². The summed E-state index contributed by atoms with van der Waals surface area (Å²) in [4.78, 5) is 11.4. The molecule has 4 fully saturated rings. The van der Waals surface area contributed by atoms with Crippen LogP contribution in [0.5, 0.6) is 0 Å². The zero-order valence-corrected chi connectivity index (χ0v) is 22.6. The Morgan fingerprint density at radius 1 is 1.03 bits per heavy atom. The van der Waals surface area contributed by atoms with Gasteiger partial charge in [-0.05, 0) is 111 Å². The number of halogens is 6. The van der Waals surface area contributed by atoms with Gasteiger partial charge in [-0.15, -0.1) is 0 Å². The first kappa shape index (κ1) is 29.9. The highest BCUT2D eigenvalue weighted by Crippen LogP contribution is 2.70. The average molecular weight is 561 g/mol. The highest BCUT2D eigenvalue weighted by molar-refractivity contribution is 5.66. The largest absolute Gasteiger partial charge is 0.458 e. The molecule has 0 aromatic carbocycles. The molecule has 3 nitrogen and oxygen atoms in total. The van der Waals surface area contributed by atoms with Crippen molar-refractivity contribution in [2.24, 2.45) is 22.7 Å². The fourth-order valence-electron chi connectivity index (χ4n) is 7.66. The van der Waals surface area contributed by atoms with E-state index in [-0.39, 0.29) is 41.3 Å². The van der Waals surface area contributed by atoms with Crippen molar-refractivity contribution >= 4 is 5.97 Å². The molecule has 0 saturated heterocycles. The molecule has 0 aliphatic heterocycles. The normalized spacial score (nSPS) is 33.6. The van der Waals surface area contributed by atoms with Gasteiger partial charge in [-0.25, -0.2) is 0 Å². The minimum absolute atomic E-state index is 0.0822. The van der Waals surface area contributed by atoms with Crippen LogP contribution >= 0.6 is 0 Å². The summed E-state index contributed by atoms with van der Waals surface area (Å²) in [6, 6.07) is 0. The molecular formula is C30H38F6O3.